The zero-order chi connectivity index (χ0) is 37.1. The first-order chi connectivity index (χ1) is 26.3. The Hall–Kier alpha value is -5.77. The van der Waals surface area contributed by atoms with Gasteiger partial charge in [-0.25, -0.2) is 3.15 Å². The van der Waals surface area contributed by atoms with Crippen LogP contribution in [-0.4, -0.2) is 77.4 Å². The van der Waals surface area contributed by atoms with Crippen LogP contribution in [0.2, 0.25) is 0 Å². The van der Waals surface area contributed by atoms with Crippen LogP contribution in [0, 0.1) is 0 Å². The number of rotatable bonds is 8. The van der Waals surface area contributed by atoms with Crippen LogP contribution in [0.4, 0.5) is 11.4 Å². The molecule has 2 atom stereocenters. The molecule has 13 nitrogen and oxygen atoms in total. The van der Waals surface area contributed by atoms with Crippen molar-refractivity contribution in [3.8, 4) is 28.7 Å². The maximum absolute atomic E-state index is 13.8. The summed E-state index contributed by atoms with van der Waals surface area (Å²) >= 11 is -0.432. The quantitative estimate of drug-likeness (QED) is 0.153. The van der Waals surface area contributed by atoms with Gasteiger partial charge in [0, 0.05) is 49.6 Å². The monoisotopic (exact) mass is 838 g/mol. The summed E-state index contributed by atoms with van der Waals surface area (Å²) in [4.78, 5) is 40.6. The molecule has 0 saturated carbocycles. The zero-order valence-electron chi connectivity index (χ0n) is 29.7. The van der Waals surface area contributed by atoms with Gasteiger partial charge in [0.15, 0.2) is 23.0 Å². The van der Waals surface area contributed by atoms with Crippen LogP contribution in [0.5, 0.6) is 28.7 Å². The van der Waals surface area contributed by atoms with Gasteiger partial charge in [-0.1, -0.05) is 18.2 Å². The van der Waals surface area contributed by atoms with Gasteiger partial charge in [-0.3, -0.25) is 24.5 Å². The first kappa shape index (κ1) is 34.0. The number of nitrogens with zero attached hydrogens (tertiary/aromatic N) is 6. The van der Waals surface area contributed by atoms with Crippen molar-refractivity contribution >= 4 is 56.9 Å². The predicted octanol–water partition coefficient (Wildman–Crippen LogP) is 6.69. The molecule has 5 aliphatic heterocycles. The summed E-state index contributed by atoms with van der Waals surface area (Å²) in [5.74, 6) is 1.42. The smallest absolute Gasteiger partial charge is 0.261 e. The number of amides is 2. The minimum Gasteiger partial charge on any atom is -0.508 e. The number of ether oxygens (including phenoxy) is 4. The van der Waals surface area contributed by atoms with Crippen LogP contribution in [-0.2, 0) is 19.6 Å². The van der Waals surface area contributed by atoms with Gasteiger partial charge in [0.05, 0.1) is 55.0 Å². The number of carbonyl (C=O) groups is 2. The molecule has 0 radical (unpaired) electrons. The highest BCUT2D eigenvalue weighted by Crippen LogP contribution is 2.42. The lowest BCUT2D eigenvalue weighted by atomic mass is 10.0. The Bertz CT molecular complexity index is 2370. The van der Waals surface area contributed by atoms with Gasteiger partial charge in [-0.15, -0.1) is 0 Å². The van der Waals surface area contributed by atoms with Gasteiger partial charge in [0.25, 0.3) is 11.8 Å². The minimum atomic E-state index is -0.432. The van der Waals surface area contributed by atoms with Crippen LogP contribution < -0.4 is 23.8 Å². The van der Waals surface area contributed by atoms with Crippen LogP contribution in [0.1, 0.15) is 49.4 Å². The molecule has 0 saturated heterocycles. The fourth-order valence-corrected chi connectivity index (χ4v) is 9.26. The fraction of sp³-hybridized carbons (Fsp3) is 0.250. The molecule has 0 unspecified atom stereocenters. The van der Waals surface area contributed by atoms with Crippen LogP contribution in [0.25, 0.3) is 0 Å². The number of para-hydroxylation sites is 1. The molecule has 5 aliphatic rings. The van der Waals surface area contributed by atoms with E-state index < -0.39 is 21.3 Å². The molecular weight excluding hydrogens is 803 g/mol. The van der Waals surface area contributed by atoms with E-state index in [0.717, 1.165) is 16.9 Å². The average Bonchev–Trinajstić information content (AvgIpc) is 3.67. The molecule has 0 fully saturated rings. The summed E-state index contributed by atoms with van der Waals surface area (Å²) < 4.78 is 30.7. The van der Waals surface area contributed by atoms with Crippen molar-refractivity contribution in [2.45, 2.75) is 38.3 Å². The zero-order valence-corrected chi connectivity index (χ0v) is 31.8. The SMILES string of the molecule is COc1cc2c(cc1OCc1cc(O)cc(COc3cc4c(cc3OC)C(=O)N3c5ccccc5C[C@H]3C=N4)c1)C=N[C@@H]1CC3=C(CN1C2=O)N=IN3C. The van der Waals surface area contributed by atoms with Crippen molar-refractivity contribution in [1.29, 1.82) is 0 Å². The van der Waals surface area contributed by atoms with Crippen LogP contribution in [0.15, 0.2) is 91.3 Å². The second-order valence-electron chi connectivity index (χ2n) is 13.5. The summed E-state index contributed by atoms with van der Waals surface area (Å²) in [5.41, 5.74) is 7.57. The van der Waals surface area contributed by atoms with Crippen molar-refractivity contribution in [3.63, 3.8) is 0 Å². The molecule has 0 spiro atoms. The minimum absolute atomic E-state index is 0.0444. The number of fused-ring (bicyclic) bond motifs is 6. The Morgan fingerprint density at radius 3 is 2.33 bits per heavy atom. The third kappa shape index (κ3) is 5.94. The van der Waals surface area contributed by atoms with Crippen molar-refractivity contribution in [2.24, 2.45) is 13.1 Å². The normalized spacial score (nSPS) is 19.2. The van der Waals surface area contributed by atoms with Gasteiger partial charge >= 0.3 is 0 Å². The molecule has 274 valence electrons. The molecule has 14 heteroatoms. The number of hydrogen-bond acceptors (Lipinski definition) is 11. The molecule has 5 heterocycles. The highest BCUT2D eigenvalue weighted by Gasteiger charge is 2.38. The predicted molar refractivity (Wildman–Crippen MR) is 210 cm³/mol. The van der Waals surface area contributed by atoms with E-state index in [0.29, 0.717) is 75.9 Å². The molecular formula is C40H35IN6O7. The van der Waals surface area contributed by atoms with Gasteiger partial charge in [-0.05, 0) is 59.2 Å². The van der Waals surface area contributed by atoms with Crippen molar-refractivity contribution in [3.05, 3.63) is 112 Å². The maximum atomic E-state index is 13.8. The van der Waals surface area contributed by atoms with Crippen molar-refractivity contribution in [2.75, 3.05) is 32.7 Å². The lowest BCUT2D eigenvalue weighted by Crippen LogP contribution is -2.43. The fourth-order valence-electron chi connectivity index (χ4n) is 7.51. The molecule has 4 aromatic rings. The Kier molecular flexibility index (Phi) is 8.55. The summed E-state index contributed by atoms with van der Waals surface area (Å²) in [6, 6.07) is 19.7. The number of aliphatic imine (C=N–C) groups is 2. The number of carbonyl (C=O) groups excluding carboxylic acids is 2. The molecule has 9 rings (SSSR count). The molecule has 0 aliphatic carbocycles. The third-order valence-electron chi connectivity index (χ3n) is 10.2. The summed E-state index contributed by atoms with van der Waals surface area (Å²) in [7, 11) is 5.11. The van der Waals surface area contributed by atoms with E-state index in [4.69, 9.17) is 32.1 Å². The van der Waals surface area contributed by atoms with E-state index in [2.05, 4.69) is 10.2 Å². The first-order valence-electron chi connectivity index (χ1n) is 17.4. The number of halogens is 1. The molecule has 1 N–H and O–H groups in total. The lowest BCUT2D eigenvalue weighted by Gasteiger charge is -2.33. The number of hydrogen-bond donors (Lipinski definition) is 1. The van der Waals surface area contributed by atoms with Crippen LogP contribution in [0.3, 0.4) is 0 Å². The van der Waals surface area contributed by atoms with Crippen molar-refractivity contribution in [1.82, 2.24) is 8.01 Å². The van der Waals surface area contributed by atoms with Gasteiger partial charge in [-0.2, -0.15) is 0 Å². The van der Waals surface area contributed by atoms with Gasteiger partial charge < -0.3 is 32.1 Å². The maximum Gasteiger partial charge on any atom is 0.261 e. The van der Waals surface area contributed by atoms with E-state index >= 15 is 0 Å². The Morgan fingerprint density at radius 2 is 1.57 bits per heavy atom. The molecule has 2 amide bonds. The highest BCUT2D eigenvalue weighted by molar-refractivity contribution is 14.1. The molecule has 4 aromatic carbocycles. The molecule has 54 heavy (non-hydrogen) atoms. The Balaban J connectivity index is 0.914. The second-order valence-corrected chi connectivity index (χ2v) is 15.8. The largest absolute Gasteiger partial charge is 0.508 e. The van der Waals surface area contributed by atoms with E-state index in [-0.39, 0.29) is 43.0 Å². The summed E-state index contributed by atoms with van der Waals surface area (Å²) in [5, 5.41) is 10.7. The Morgan fingerprint density at radius 1 is 0.852 bits per heavy atom. The molecule has 0 aromatic heterocycles. The van der Waals surface area contributed by atoms with Gasteiger partial charge in [0.1, 0.15) is 46.4 Å². The third-order valence-corrected chi connectivity index (χ3v) is 12.2. The first-order valence-corrected chi connectivity index (χ1v) is 19.3. The topological polar surface area (TPSA) is 138 Å². The van der Waals surface area contributed by atoms with E-state index in [9.17, 15) is 14.7 Å². The standard InChI is InChI=1S/C40H35IN6O7/c1-45-33-16-38-43-17-25-12-36(34(51-2)13-28(25)39(49)46(38)19-31(33)44-41-45)53-20-22-8-23(10-27(48)9-22)21-54-37-15-30-29(14-35(37)52-3)40(50)47-26(18-42-30)11-24-6-4-5-7-32(24)47/h4-10,12-15,17-18,26,38,48H,11,16,19-21H2,1-3H3/t26-,38-/m0/s1. The second kappa shape index (κ2) is 13.6. The number of benzene rings is 4. The highest BCUT2D eigenvalue weighted by atomic mass is 127. The van der Waals surface area contributed by atoms with E-state index in [1.54, 1.807) is 52.4 Å². The number of aromatic hydroxyl groups is 1. The number of anilines is 1. The number of phenolic OH excluding ortho intramolecular Hbond substituents is 1. The van der Waals surface area contributed by atoms with Gasteiger partial charge in [0.2, 0.25) is 0 Å². The number of methoxy groups -OCH3 is 2. The average molecular weight is 839 g/mol. The van der Waals surface area contributed by atoms with Crippen LogP contribution >= 0.6 is 21.3 Å². The van der Waals surface area contributed by atoms with E-state index in [1.165, 1.54) is 19.9 Å². The van der Waals surface area contributed by atoms with E-state index in [1.807, 2.05) is 36.5 Å². The number of phenols is 1. The molecule has 0 bridgehead atoms. The lowest BCUT2D eigenvalue weighted by molar-refractivity contribution is 0.0687. The Labute approximate surface area is 321 Å². The van der Waals surface area contributed by atoms with Crippen molar-refractivity contribution < 1.29 is 33.6 Å². The summed E-state index contributed by atoms with van der Waals surface area (Å²) in [6.45, 7) is 0.632. The summed E-state index contributed by atoms with van der Waals surface area (Å²) in [6.07, 6.45) is 4.58.